The first-order valence-corrected chi connectivity index (χ1v) is 7.45. The van der Waals surface area contributed by atoms with Crippen molar-refractivity contribution in [3.63, 3.8) is 0 Å². The molecule has 0 heterocycles. The first kappa shape index (κ1) is 15.3. The summed E-state index contributed by atoms with van der Waals surface area (Å²) in [6.07, 6.45) is 2.64. The number of aliphatic hydroxyl groups is 1. The lowest BCUT2D eigenvalue weighted by Gasteiger charge is -2.45. The van der Waals surface area contributed by atoms with Gasteiger partial charge in [0, 0.05) is 5.56 Å². The van der Waals surface area contributed by atoms with Gasteiger partial charge >= 0.3 is 0 Å². The minimum atomic E-state index is -1.09. The number of ether oxygens (including phenoxy) is 1. The number of halogens is 1. The molecule has 20 heavy (non-hydrogen) atoms. The van der Waals surface area contributed by atoms with E-state index in [1.54, 1.807) is 18.2 Å². The summed E-state index contributed by atoms with van der Waals surface area (Å²) in [6, 6.07) is 5.05. The maximum Gasteiger partial charge on any atom is 0.171 e. The molecule has 1 aromatic rings. The van der Waals surface area contributed by atoms with E-state index in [2.05, 4.69) is 20.8 Å². The molecule has 1 fully saturated rings. The molecule has 1 aliphatic rings. The molecular formula is C17H25FO2. The van der Waals surface area contributed by atoms with Gasteiger partial charge in [-0.25, -0.2) is 4.39 Å². The van der Waals surface area contributed by atoms with E-state index in [-0.39, 0.29) is 11.7 Å². The zero-order chi connectivity index (χ0) is 14.9. The second-order valence-corrected chi connectivity index (χ2v) is 6.48. The van der Waals surface area contributed by atoms with Crippen LogP contribution in [-0.4, -0.2) is 12.2 Å². The number of hydrogen-bond acceptors (Lipinski definition) is 2. The number of hydrogen-bond donors (Lipinski definition) is 1. The smallest absolute Gasteiger partial charge is 0.171 e. The Balaban J connectivity index is 2.50. The normalized spacial score (nSPS) is 30.6. The molecule has 1 aliphatic carbocycles. The molecule has 2 nitrogen and oxygen atoms in total. The van der Waals surface area contributed by atoms with Crippen LogP contribution in [0.5, 0.6) is 5.75 Å². The van der Waals surface area contributed by atoms with E-state index in [1.807, 2.05) is 0 Å². The molecule has 0 saturated heterocycles. The first-order valence-electron chi connectivity index (χ1n) is 7.45. The van der Waals surface area contributed by atoms with Crippen LogP contribution in [0.3, 0.4) is 0 Å². The zero-order valence-electron chi connectivity index (χ0n) is 12.8. The van der Waals surface area contributed by atoms with Crippen LogP contribution in [0, 0.1) is 23.6 Å². The fourth-order valence-electron chi connectivity index (χ4n) is 3.68. The Labute approximate surface area is 121 Å². The predicted molar refractivity (Wildman–Crippen MR) is 78.2 cm³/mol. The van der Waals surface area contributed by atoms with Gasteiger partial charge in [0.1, 0.15) is 0 Å². The highest BCUT2D eigenvalue weighted by Crippen LogP contribution is 2.48. The highest BCUT2D eigenvalue weighted by atomic mass is 19.1. The van der Waals surface area contributed by atoms with E-state index in [1.165, 1.54) is 7.11 Å². The van der Waals surface area contributed by atoms with Crippen molar-refractivity contribution < 1.29 is 14.2 Å². The van der Waals surface area contributed by atoms with Crippen LogP contribution < -0.4 is 4.74 Å². The maximum atomic E-state index is 14.6. The van der Waals surface area contributed by atoms with E-state index < -0.39 is 11.4 Å². The Kier molecular flexibility index (Phi) is 4.38. The molecule has 3 atom stereocenters. The molecule has 3 heteroatoms. The third-order valence-corrected chi connectivity index (χ3v) is 4.70. The molecule has 1 N–H and O–H groups in total. The van der Waals surface area contributed by atoms with Gasteiger partial charge in [0.15, 0.2) is 11.6 Å². The predicted octanol–water partition coefficient (Wildman–Crippen LogP) is 4.11. The number of methoxy groups -OCH3 is 1. The summed E-state index contributed by atoms with van der Waals surface area (Å²) < 4.78 is 19.6. The molecule has 3 unspecified atom stereocenters. The van der Waals surface area contributed by atoms with Crippen LogP contribution >= 0.6 is 0 Å². The Morgan fingerprint density at radius 3 is 2.65 bits per heavy atom. The van der Waals surface area contributed by atoms with Gasteiger partial charge in [0.25, 0.3) is 0 Å². The lowest BCUT2D eigenvalue weighted by Crippen LogP contribution is -2.43. The molecule has 2 rings (SSSR count). The molecule has 0 aromatic heterocycles. The van der Waals surface area contributed by atoms with Gasteiger partial charge in [-0.3, -0.25) is 0 Å². The monoisotopic (exact) mass is 280 g/mol. The average molecular weight is 280 g/mol. The Hall–Kier alpha value is -1.09. The van der Waals surface area contributed by atoms with Crippen molar-refractivity contribution in [2.45, 2.75) is 45.6 Å². The van der Waals surface area contributed by atoms with Crippen molar-refractivity contribution in [2.24, 2.45) is 17.8 Å². The van der Waals surface area contributed by atoms with Crippen molar-refractivity contribution in [3.8, 4) is 5.75 Å². The zero-order valence-corrected chi connectivity index (χ0v) is 12.8. The Morgan fingerprint density at radius 2 is 2.05 bits per heavy atom. The van der Waals surface area contributed by atoms with Gasteiger partial charge in [-0.2, -0.15) is 0 Å². The van der Waals surface area contributed by atoms with Gasteiger partial charge in [-0.1, -0.05) is 39.3 Å². The molecule has 0 bridgehead atoms. The Bertz CT molecular complexity index is 472. The van der Waals surface area contributed by atoms with Gasteiger partial charge in [0.05, 0.1) is 12.7 Å². The average Bonchev–Trinajstić information content (AvgIpc) is 2.38. The third-order valence-electron chi connectivity index (χ3n) is 4.70. The van der Waals surface area contributed by atoms with Crippen molar-refractivity contribution >= 4 is 0 Å². The van der Waals surface area contributed by atoms with E-state index in [4.69, 9.17) is 4.74 Å². The molecule has 0 amide bonds. The molecule has 112 valence electrons. The second-order valence-electron chi connectivity index (χ2n) is 6.48. The Morgan fingerprint density at radius 1 is 1.35 bits per heavy atom. The second kappa shape index (κ2) is 5.72. The van der Waals surface area contributed by atoms with E-state index in [0.29, 0.717) is 23.8 Å². The van der Waals surface area contributed by atoms with Crippen LogP contribution in [0.15, 0.2) is 18.2 Å². The number of benzene rings is 1. The summed E-state index contributed by atoms with van der Waals surface area (Å²) in [5, 5.41) is 11.2. The fraction of sp³-hybridized carbons (Fsp3) is 0.647. The highest BCUT2D eigenvalue weighted by Gasteiger charge is 2.45. The molecular weight excluding hydrogens is 255 g/mol. The van der Waals surface area contributed by atoms with E-state index >= 15 is 0 Å². The largest absolute Gasteiger partial charge is 0.494 e. The summed E-state index contributed by atoms with van der Waals surface area (Å²) in [6.45, 7) is 6.33. The van der Waals surface area contributed by atoms with Crippen LogP contribution in [0.25, 0.3) is 0 Å². The molecule has 1 aromatic carbocycles. The summed E-state index contributed by atoms with van der Waals surface area (Å²) in [5.74, 6) is 0.591. The van der Waals surface area contributed by atoms with Gasteiger partial charge in [0.2, 0.25) is 0 Å². The van der Waals surface area contributed by atoms with Crippen molar-refractivity contribution in [1.29, 1.82) is 0 Å². The minimum Gasteiger partial charge on any atom is -0.494 e. The van der Waals surface area contributed by atoms with Gasteiger partial charge < -0.3 is 9.84 Å². The SMILES string of the molecule is COc1cccc(C2(O)CC(C)CCC2C(C)C)c1F. The fourth-order valence-corrected chi connectivity index (χ4v) is 3.68. The molecule has 0 spiro atoms. The quantitative estimate of drug-likeness (QED) is 0.902. The lowest BCUT2D eigenvalue weighted by molar-refractivity contribution is -0.0889. The summed E-state index contributed by atoms with van der Waals surface area (Å²) in [5.41, 5.74) is -0.702. The van der Waals surface area contributed by atoms with Gasteiger partial charge in [-0.15, -0.1) is 0 Å². The summed E-state index contributed by atoms with van der Waals surface area (Å²) >= 11 is 0. The van der Waals surface area contributed by atoms with Crippen molar-refractivity contribution in [2.75, 3.05) is 7.11 Å². The van der Waals surface area contributed by atoms with E-state index in [0.717, 1.165) is 12.8 Å². The van der Waals surface area contributed by atoms with Crippen molar-refractivity contribution in [1.82, 2.24) is 0 Å². The molecule has 0 radical (unpaired) electrons. The van der Waals surface area contributed by atoms with Gasteiger partial charge in [-0.05, 0) is 36.7 Å². The first-order chi connectivity index (χ1) is 9.40. The lowest BCUT2D eigenvalue weighted by atomic mass is 9.64. The standard InChI is InChI=1S/C17H25FO2/c1-11(2)13-9-8-12(3)10-17(13,19)14-6-5-7-15(20-4)16(14)18/h5-7,11-13,19H,8-10H2,1-4H3. The van der Waals surface area contributed by atoms with Crippen LogP contribution in [0.1, 0.15) is 45.6 Å². The molecule has 0 aliphatic heterocycles. The summed E-state index contributed by atoms with van der Waals surface area (Å²) in [7, 11) is 1.45. The van der Waals surface area contributed by atoms with E-state index in [9.17, 15) is 9.50 Å². The van der Waals surface area contributed by atoms with Crippen LogP contribution in [0.4, 0.5) is 4.39 Å². The highest BCUT2D eigenvalue weighted by molar-refractivity contribution is 5.35. The maximum absolute atomic E-state index is 14.6. The third kappa shape index (κ3) is 2.56. The number of rotatable bonds is 3. The minimum absolute atomic E-state index is 0.0836. The topological polar surface area (TPSA) is 29.5 Å². The van der Waals surface area contributed by atoms with Crippen molar-refractivity contribution in [3.05, 3.63) is 29.6 Å². The molecule has 1 saturated carbocycles. The van der Waals surface area contributed by atoms with Crippen LogP contribution in [0.2, 0.25) is 0 Å². The van der Waals surface area contributed by atoms with Crippen LogP contribution in [-0.2, 0) is 5.60 Å². The summed E-state index contributed by atoms with van der Waals surface area (Å²) in [4.78, 5) is 0.